The molecule has 2 rings (SSSR count). The Hall–Kier alpha value is -2.50. The third-order valence-corrected chi connectivity index (χ3v) is 4.12. The molecule has 136 valence electrons. The fourth-order valence-electron chi connectivity index (χ4n) is 2.94. The minimum absolute atomic E-state index is 0.000202. The van der Waals surface area contributed by atoms with Crippen LogP contribution in [0.25, 0.3) is 0 Å². The van der Waals surface area contributed by atoms with Gasteiger partial charge in [-0.3, -0.25) is 4.79 Å². The van der Waals surface area contributed by atoms with Crippen molar-refractivity contribution in [2.75, 3.05) is 6.61 Å². The van der Waals surface area contributed by atoms with Gasteiger partial charge in [-0.15, -0.1) is 0 Å². The third-order valence-electron chi connectivity index (χ3n) is 4.12. The summed E-state index contributed by atoms with van der Waals surface area (Å²) in [6.45, 7) is 7.79. The number of esters is 1. The SMILES string of the molecule is CCOC(=O)c1c(C)[nH]c(CCC(=O)NC(C)Cc2ccco2)c1C. The van der Waals surface area contributed by atoms with Crippen LogP contribution in [-0.2, 0) is 22.4 Å². The molecule has 2 aromatic rings. The normalized spacial score (nSPS) is 12.0. The van der Waals surface area contributed by atoms with Gasteiger partial charge in [0.2, 0.25) is 5.91 Å². The number of ether oxygens (including phenoxy) is 1. The van der Waals surface area contributed by atoms with Crippen LogP contribution in [0.2, 0.25) is 0 Å². The van der Waals surface area contributed by atoms with E-state index in [4.69, 9.17) is 9.15 Å². The second kappa shape index (κ2) is 8.55. The van der Waals surface area contributed by atoms with E-state index in [0.29, 0.717) is 31.4 Å². The van der Waals surface area contributed by atoms with Crippen molar-refractivity contribution in [3.8, 4) is 0 Å². The first-order valence-electron chi connectivity index (χ1n) is 8.59. The van der Waals surface area contributed by atoms with Crippen molar-refractivity contribution in [2.24, 2.45) is 0 Å². The van der Waals surface area contributed by atoms with Gasteiger partial charge in [0, 0.05) is 30.3 Å². The van der Waals surface area contributed by atoms with Gasteiger partial charge < -0.3 is 19.5 Å². The van der Waals surface area contributed by atoms with E-state index >= 15 is 0 Å². The van der Waals surface area contributed by atoms with Crippen LogP contribution in [0.3, 0.4) is 0 Å². The zero-order valence-corrected chi connectivity index (χ0v) is 15.3. The summed E-state index contributed by atoms with van der Waals surface area (Å²) in [5, 5.41) is 2.97. The topological polar surface area (TPSA) is 84.3 Å². The Morgan fingerprint density at radius 1 is 1.36 bits per heavy atom. The van der Waals surface area contributed by atoms with Gasteiger partial charge in [0.05, 0.1) is 18.4 Å². The Labute approximate surface area is 147 Å². The van der Waals surface area contributed by atoms with Crippen molar-refractivity contribution in [3.05, 3.63) is 46.7 Å². The number of carbonyl (C=O) groups is 2. The van der Waals surface area contributed by atoms with Crippen LogP contribution in [-0.4, -0.2) is 29.5 Å². The molecule has 0 saturated carbocycles. The smallest absolute Gasteiger partial charge is 0.340 e. The molecule has 6 heteroatoms. The Kier molecular flexibility index (Phi) is 6.44. The fourth-order valence-corrected chi connectivity index (χ4v) is 2.94. The van der Waals surface area contributed by atoms with Gasteiger partial charge in [-0.1, -0.05) is 0 Å². The molecule has 0 spiro atoms. The van der Waals surface area contributed by atoms with Crippen molar-refractivity contribution in [3.63, 3.8) is 0 Å². The lowest BCUT2D eigenvalue weighted by atomic mass is 10.1. The van der Waals surface area contributed by atoms with Crippen LogP contribution in [0.4, 0.5) is 0 Å². The predicted octanol–water partition coefficient (Wildman–Crippen LogP) is 3.08. The highest BCUT2D eigenvalue weighted by atomic mass is 16.5. The maximum Gasteiger partial charge on any atom is 0.340 e. The van der Waals surface area contributed by atoms with Crippen molar-refractivity contribution < 1.29 is 18.7 Å². The summed E-state index contributed by atoms with van der Waals surface area (Å²) in [6, 6.07) is 3.73. The number of aryl methyl sites for hydroxylation is 2. The number of H-pyrrole nitrogens is 1. The molecule has 0 saturated heterocycles. The number of hydrogen-bond donors (Lipinski definition) is 2. The van der Waals surface area contributed by atoms with Crippen LogP contribution in [0, 0.1) is 13.8 Å². The molecular weight excluding hydrogens is 320 g/mol. The molecule has 1 unspecified atom stereocenters. The number of aromatic amines is 1. The number of hydrogen-bond acceptors (Lipinski definition) is 4. The minimum atomic E-state index is -0.323. The maximum absolute atomic E-state index is 12.1. The third kappa shape index (κ3) is 4.98. The highest BCUT2D eigenvalue weighted by Crippen LogP contribution is 2.20. The van der Waals surface area contributed by atoms with Gasteiger partial charge in [0.15, 0.2) is 0 Å². The molecule has 2 aromatic heterocycles. The summed E-state index contributed by atoms with van der Waals surface area (Å²) in [6.07, 6.45) is 3.19. The van der Waals surface area contributed by atoms with E-state index in [1.165, 1.54) is 0 Å². The zero-order chi connectivity index (χ0) is 18.4. The van der Waals surface area contributed by atoms with E-state index in [-0.39, 0.29) is 17.9 Å². The lowest BCUT2D eigenvalue weighted by Gasteiger charge is -2.12. The molecule has 2 heterocycles. The van der Waals surface area contributed by atoms with E-state index in [1.807, 2.05) is 32.9 Å². The van der Waals surface area contributed by atoms with Crippen molar-refractivity contribution >= 4 is 11.9 Å². The highest BCUT2D eigenvalue weighted by molar-refractivity contribution is 5.92. The largest absolute Gasteiger partial charge is 0.469 e. The average molecular weight is 346 g/mol. The summed E-state index contributed by atoms with van der Waals surface area (Å²) < 4.78 is 10.4. The molecular formula is C19H26N2O4. The molecule has 2 N–H and O–H groups in total. The van der Waals surface area contributed by atoms with Crippen molar-refractivity contribution in [1.82, 2.24) is 10.3 Å². The van der Waals surface area contributed by atoms with E-state index in [2.05, 4.69) is 10.3 Å². The van der Waals surface area contributed by atoms with Crippen LogP contribution in [0.1, 0.15) is 53.3 Å². The quantitative estimate of drug-likeness (QED) is 0.720. The first-order valence-corrected chi connectivity index (χ1v) is 8.59. The number of furan rings is 1. The molecule has 0 aromatic carbocycles. The number of carbonyl (C=O) groups excluding carboxylic acids is 2. The molecule has 0 radical (unpaired) electrons. The standard InChI is InChI=1S/C19H26N2O4/c1-5-24-19(23)18-13(3)16(21-14(18)4)8-9-17(22)20-12(2)11-15-7-6-10-25-15/h6-7,10,12,21H,5,8-9,11H2,1-4H3,(H,20,22). The highest BCUT2D eigenvalue weighted by Gasteiger charge is 2.19. The predicted molar refractivity (Wildman–Crippen MR) is 94.6 cm³/mol. The molecule has 1 amide bonds. The Balaban J connectivity index is 1.89. The summed E-state index contributed by atoms with van der Waals surface area (Å²) >= 11 is 0. The summed E-state index contributed by atoms with van der Waals surface area (Å²) in [7, 11) is 0. The Bertz CT molecular complexity index is 716. The number of rotatable bonds is 8. The minimum Gasteiger partial charge on any atom is -0.469 e. The average Bonchev–Trinajstić information content (AvgIpc) is 3.13. The molecule has 0 fully saturated rings. The fraction of sp³-hybridized carbons (Fsp3) is 0.474. The first kappa shape index (κ1) is 18.8. The molecule has 0 aliphatic heterocycles. The number of nitrogens with one attached hydrogen (secondary N) is 2. The van der Waals surface area contributed by atoms with Gasteiger partial charge in [-0.25, -0.2) is 4.79 Å². The molecule has 0 aliphatic rings. The lowest BCUT2D eigenvalue weighted by molar-refractivity contribution is -0.121. The van der Waals surface area contributed by atoms with Crippen LogP contribution < -0.4 is 5.32 Å². The molecule has 25 heavy (non-hydrogen) atoms. The molecule has 0 aliphatic carbocycles. The number of amides is 1. The monoisotopic (exact) mass is 346 g/mol. The Morgan fingerprint density at radius 3 is 2.76 bits per heavy atom. The molecule has 1 atom stereocenters. The summed E-state index contributed by atoms with van der Waals surface area (Å²) in [5.74, 6) is 0.502. The Morgan fingerprint density at radius 2 is 2.12 bits per heavy atom. The van der Waals surface area contributed by atoms with E-state index < -0.39 is 0 Å². The van der Waals surface area contributed by atoms with Gasteiger partial charge in [-0.2, -0.15) is 0 Å². The van der Waals surface area contributed by atoms with Crippen LogP contribution in [0.15, 0.2) is 22.8 Å². The second-order valence-corrected chi connectivity index (χ2v) is 6.20. The van der Waals surface area contributed by atoms with E-state index in [9.17, 15) is 9.59 Å². The molecule has 0 bridgehead atoms. The van der Waals surface area contributed by atoms with E-state index in [1.54, 1.807) is 13.2 Å². The summed E-state index contributed by atoms with van der Waals surface area (Å²) in [4.78, 5) is 27.4. The van der Waals surface area contributed by atoms with Crippen molar-refractivity contribution in [1.29, 1.82) is 0 Å². The van der Waals surface area contributed by atoms with Gasteiger partial charge in [0.25, 0.3) is 0 Å². The van der Waals surface area contributed by atoms with Crippen LogP contribution >= 0.6 is 0 Å². The first-order chi connectivity index (χ1) is 11.9. The van der Waals surface area contributed by atoms with Gasteiger partial charge in [-0.05, 0) is 51.8 Å². The zero-order valence-electron chi connectivity index (χ0n) is 15.3. The van der Waals surface area contributed by atoms with Gasteiger partial charge in [0.1, 0.15) is 5.76 Å². The van der Waals surface area contributed by atoms with Crippen LogP contribution in [0.5, 0.6) is 0 Å². The summed E-state index contributed by atoms with van der Waals surface area (Å²) in [5.41, 5.74) is 3.10. The number of aromatic nitrogens is 1. The van der Waals surface area contributed by atoms with Gasteiger partial charge >= 0.3 is 5.97 Å². The molecule has 6 nitrogen and oxygen atoms in total. The second-order valence-electron chi connectivity index (χ2n) is 6.20. The van der Waals surface area contributed by atoms with Crippen molar-refractivity contribution in [2.45, 2.75) is 53.0 Å². The lowest BCUT2D eigenvalue weighted by Crippen LogP contribution is -2.34. The van der Waals surface area contributed by atoms with E-state index in [0.717, 1.165) is 22.7 Å². The maximum atomic E-state index is 12.1.